The Kier molecular flexibility index (Phi) is 3.34. The van der Waals surface area contributed by atoms with E-state index in [1.165, 1.54) is 51.4 Å². The van der Waals surface area contributed by atoms with Gasteiger partial charge < -0.3 is 0 Å². The molecule has 1 atom stereocenters. The first-order chi connectivity index (χ1) is 12.3. The molecule has 1 aliphatic rings. The summed E-state index contributed by atoms with van der Waals surface area (Å²) >= 11 is 0. The second-order valence-corrected chi connectivity index (χ2v) is 7.19. The van der Waals surface area contributed by atoms with E-state index in [2.05, 4.69) is 73.7 Å². The highest BCUT2D eigenvalue weighted by atomic mass is 14.7. The third kappa shape index (κ3) is 2.26. The van der Waals surface area contributed by atoms with Gasteiger partial charge >= 0.3 is 0 Å². The van der Waals surface area contributed by atoms with Crippen molar-refractivity contribution in [3.63, 3.8) is 0 Å². The van der Waals surface area contributed by atoms with Gasteiger partial charge in [0.15, 0.2) is 0 Å². The van der Waals surface area contributed by atoms with Crippen LogP contribution in [0.3, 0.4) is 0 Å². The summed E-state index contributed by atoms with van der Waals surface area (Å²) in [5.41, 5.74) is 6.55. The number of pyridine rings is 1. The minimum atomic E-state index is 0.586. The summed E-state index contributed by atoms with van der Waals surface area (Å²) in [6, 6.07) is 23.8. The molecule has 1 heterocycles. The van der Waals surface area contributed by atoms with Crippen molar-refractivity contribution < 1.29 is 0 Å². The van der Waals surface area contributed by atoms with E-state index < -0.39 is 0 Å². The molecule has 3 aromatic carbocycles. The van der Waals surface area contributed by atoms with Crippen LogP contribution in [0.5, 0.6) is 0 Å². The van der Waals surface area contributed by atoms with Gasteiger partial charge in [-0.05, 0) is 53.1 Å². The molecule has 0 aliphatic heterocycles. The summed E-state index contributed by atoms with van der Waals surface area (Å²) in [7, 11) is 0. The lowest BCUT2D eigenvalue weighted by Gasteiger charge is -2.27. The maximum atomic E-state index is 5.14. The molecule has 1 nitrogen and oxygen atoms in total. The molecule has 1 unspecified atom stereocenters. The van der Waals surface area contributed by atoms with E-state index in [-0.39, 0.29) is 0 Å². The van der Waals surface area contributed by atoms with Crippen molar-refractivity contribution in [2.24, 2.45) is 0 Å². The lowest BCUT2D eigenvalue weighted by molar-refractivity contribution is 0.594. The van der Waals surface area contributed by atoms with Crippen molar-refractivity contribution in [3.05, 3.63) is 77.9 Å². The third-order valence-corrected chi connectivity index (χ3v) is 5.62. The Bertz CT molecular complexity index is 1080. The van der Waals surface area contributed by atoms with Crippen molar-refractivity contribution in [3.8, 4) is 11.3 Å². The third-order valence-electron chi connectivity index (χ3n) is 5.62. The molecule has 0 radical (unpaired) electrons. The monoisotopic (exact) mass is 323 g/mol. The van der Waals surface area contributed by atoms with Gasteiger partial charge in [-0.25, -0.2) is 4.98 Å². The second kappa shape index (κ2) is 5.70. The average molecular weight is 323 g/mol. The Morgan fingerprint density at radius 3 is 2.56 bits per heavy atom. The first-order valence-electron chi connectivity index (χ1n) is 9.22. The van der Waals surface area contributed by atoms with E-state index in [4.69, 9.17) is 4.98 Å². The lowest BCUT2D eigenvalue weighted by Crippen LogP contribution is -2.11. The topological polar surface area (TPSA) is 12.9 Å². The van der Waals surface area contributed by atoms with Crippen LogP contribution in [-0.4, -0.2) is 4.98 Å². The Balaban J connectivity index is 1.95. The molecule has 5 rings (SSSR count). The summed E-state index contributed by atoms with van der Waals surface area (Å²) in [4.78, 5) is 5.14. The first-order valence-corrected chi connectivity index (χ1v) is 9.22. The number of aromatic nitrogens is 1. The summed E-state index contributed by atoms with van der Waals surface area (Å²) in [6.45, 7) is 2.38. The summed E-state index contributed by atoms with van der Waals surface area (Å²) in [6.07, 6.45) is 3.66. The minimum absolute atomic E-state index is 0.586. The highest BCUT2D eigenvalue weighted by Crippen LogP contribution is 2.42. The summed E-state index contributed by atoms with van der Waals surface area (Å²) < 4.78 is 0. The molecule has 0 spiro atoms. The fourth-order valence-corrected chi connectivity index (χ4v) is 4.46. The molecule has 1 heteroatoms. The van der Waals surface area contributed by atoms with Crippen LogP contribution in [0.25, 0.3) is 32.9 Å². The fraction of sp³-hybridized carbons (Fsp3) is 0.208. The van der Waals surface area contributed by atoms with E-state index in [1.807, 2.05) is 0 Å². The lowest BCUT2D eigenvalue weighted by atomic mass is 9.79. The highest BCUT2D eigenvalue weighted by molar-refractivity contribution is 6.09. The van der Waals surface area contributed by atoms with Gasteiger partial charge in [0.2, 0.25) is 0 Å². The quantitative estimate of drug-likeness (QED) is 0.365. The predicted molar refractivity (Wildman–Crippen MR) is 106 cm³/mol. The smallest absolute Gasteiger partial charge is 0.0744 e. The number of benzene rings is 3. The number of fused-ring (bicyclic) bond motifs is 5. The van der Waals surface area contributed by atoms with Crippen molar-refractivity contribution in [1.82, 2.24) is 4.98 Å². The molecule has 0 saturated carbocycles. The Labute approximate surface area is 148 Å². The standard InChI is InChI=1S/C24H21N/c1-16-8-7-13-20-22(16)23-19-12-6-5-9-17(19)14-15-21(23)25-24(20)18-10-3-2-4-11-18/h2-6,9-12,14-16H,7-8,13H2,1H3. The van der Waals surface area contributed by atoms with Crippen LogP contribution >= 0.6 is 0 Å². The van der Waals surface area contributed by atoms with Gasteiger partial charge in [-0.2, -0.15) is 0 Å². The molecule has 0 fully saturated rings. The molecular weight excluding hydrogens is 302 g/mol. The van der Waals surface area contributed by atoms with Gasteiger partial charge in [0, 0.05) is 10.9 Å². The predicted octanol–water partition coefficient (Wildman–Crippen LogP) is 6.49. The average Bonchev–Trinajstić information content (AvgIpc) is 2.68. The first kappa shape index (κ1) is 14.7. The van der Waals surface area contributed by atoms with Crippen LogP contribution in [0.2, 0.25) is 0 Å². The molecule has 1 aliphatic carbocycles. The second-order valence-electron chi connectivity index (χ2n) is 7.19. The Hall–Kier alpha value is -2.67. The van der Waals surface area contributed by atoms with E-state index >= 15 is 0 Å². The molecule has 25 heavy (non-hydrogen) atoms. The van der Waals surface area contributed by atoms with Crippen molar-refractivity contribution in [2.45, 2.75) is 32.1 Å². The molecule has 0 saturated heterocycles. The van der Waals surface area contributed by atoms with Crippen LogP contribution in [0.1, 0.15) is 36.8 Å². The van der Waals surface area contributed by atoms with Crippen molar-refractivity contribution in [2.75, 3.05) is 0 Å². The molecular formula is C24H21N. The zero-order chi connectivity index (χ0) is 16.8. The number of hydrogen-bond acceptors (Lipinski definition) is 1. The van der Waals surface area contributed by atoms with E-state index in [0.717, 1.165) is 11.9 Å². The van der Waals surface area contributed by atoms with Crippen LogP contribution in [-0.2, 0) is 6.42 Å². The Morgan fingerprint density at radius 1 is 0.880 bits per heavy atom. The molecule has 1 aromatic heterocycles. The maximum Gasteiger partial charge on any atom is 0.0744 e. The zero-order valence-electron chi connectivity index (χ0n) is 14.5. The Morgan fingerprint density at radius 2 is 1.68 bits per heavy atom. The highest BCUT2D eigenvalue weighted by Gasteiger charge is 2.24. The van der Waals surface area contributed by atoms with Gasteiger partial charge in [0.1, 0.15) is 0 Å². The van der Waals surface area contributed by atoms with Crippen LogP contribution in [0.4, 0.5) is 0 Å². The van der Waals surface area contributed by atoms with Gasteiger partial charge in [0.25, 0.3) is 0 Å². The van der Waals surface area contributed by atoms with Gasteiger partial charge in [0.05, 0.1) is 11.2 Å². The number of hydrogen-bond donors (Lipinski definition) is 0. The van der Waals surface area contributed by atoms with Gasteiger partial charge in [-0.1, -0.05) is 67.6 Å². The minimum Gasteiger partial charge on any atom is -0.247 e. The van der Waals surface area contributed by atoms with Crippen LogP contribution < -0.4 is 0 Å². The molecule has 0 bridgehead atoms. The summed E-state index contributed by atoms with van der Waals surface area (Å²) in [5, 5.41) is 4.03. The van der Waals surface area contributed by atoms with Gasteiger partial charge in [-0.15, -0.1) is 0 Å². The van der Waals surface area contributed by atoms with Crippen molar-refractivity contribution >= 4 is 21.7 Å². The van der Waals surface area contributed by atoms with Crippen LogP contribution in [0.15, 0.2) is 66.7 Å². The maximum absolute atomic E-state index is 5.14. The molecule has 4 aromatic rings. The van der Waals surface area contributed by atoms with Crippen molar-refractivity contribution in [1.29, 1.82) is 0 Å². The number of nitrogens with zero attached hydrogens (tertiary/aromatic N) is 1. The largest absolute Gasteiger partial charge is 0.247 e. The normalized spacial score (nSPS) is 16.9. The van der Waals surface area contributed by atoms with E-state index in [9.17, 15) is 0 Å². The molecule has 0 amide bonds. The number of rotatable bonds is 1. The van der Waals surface area contributed by atoms with E-state index in [1.54, 1.807) is 0 Å². The molecule has 122 valence electrons. The van der Waals surface area contributed by atoms with Gasteiger partial charge in [-0.3, -0.25) is 0 Å². The summed E-state index contributed by atoms with van der Waals surface area (Å²) in [5.74, 6) is 0.586. The fourth-order valence-electron chi connectivity index (χ4n) is 4.46. The SMILES string of the molecule is CC1CCCc2c(-c3ccccc3)nc3ccc4ccccc4c3c21. The zero-order valence-corrected chi connectivity index (χ0v) is 14.5. The van der Waals surface area contributed by atoms with Crippen LogP contribution in [0, 0.1) is 0 Å². The molecule has 0 N–H and O–H groups in total. The van der Waals surface area contributed by atoms with E-state index in [0.29, 0.717) is 5.92 Å².